The second kappa shape index (κ2) is 5.39. The van der Waals surface area contributed by atoms with Crippen molar-refractivity contribution in [2.24, 2.45) is 0 Å². The maximum absolute atomic E-state index is 13.1. The number of anilines is 1. The zero-order valence-electron chi connectivity index (χ0n) is 9.14. The fraction of sp³-hybridized carbons (Fsp3) is 0.333. The van der Waals surface area contributed by atoms with Crippen molar-refractivity contribution in [2.45, 2.75) is 13.3 Å². The molecule has 15 heavy (non-hydrogen) atoms. The third-order valence-corrected chi connectivity index (χ3v) is 2.03. The first-order valence-corrected chi connectivity index (χ1v) is 4.85. The van der Waals surface area contributed by atoms with Crippen LogP contribution in [0.2, 0.25) is 0 Å². The van der Waals surface area contributed by atoms with Gasteiger partial charge in [-0.1, -0.05) is 5.57 Å². The van der Waals surface area contributed by atoms with Gasteiger partial charge in [-0.15, -0.1) is 6.58 Å². The minimum Gasteiger partial charge on any atom is -0.494 e. The van der Waals surface area contributed by atoms with Gasteiger partial charge in [0.25, 0.3) is 0 Å². The molecule has 3 heteroatoms. The Balaban J connectivity index is 2.58. The second-order valence-corrected chi connectivity index (χ2v) is 3.48. The van der Waals surface area contributed by atoms with Crippen LogP contribution < -0.4 is 10.1 Å². The Labute approximate surface area is 89.8 Å². The first kappa shape index (κ1) is 11.6. The summed E-state index contributed by atoms with van der Waals surface area (Å²) in [5.74, 6) is -0.0849. The average Bonchev–Trinajstić information content (AvgIpc) is 2.20. The van der Waals surface area contributed by atoms with E-state index in [2.05, 4.69) is 11.9 Å². The van der Waals surface area contributed by atoms with Crippen LogP contribution >= 0.6 is 0 Å². The third kappa shape index (κ3) is 3.62. The van der Waals surface area contributed by atoms with Gasteiger partial charge >= 0.3 is 0 Å². The SMILES string of the molecule is C=C(C)CCNc1ccc(F)c(OC)c1. The fourth-order valence-electron chi connectivity index (χ4n) is 1.19. The Morgan fingerprint density at radius 1 is 1.53 bits per heavy atom. The molecule has 0 atom stereocenters. The average molecular weight is 209 g/mol. The minimum absolute atomic E-state index is 0.260. The van der Waals surface area contributed by atoms with Crippen LogP contribution in [-0.2, 0) is 0 Å². The Bertz CT molecular complexity index is 349. The molecule has 0 aliphatic heterocycles. The van der Waals surface area contributed by atoms with Crippen molar-refractivity contribution in [3.05, 3.63) is 36.2 Å². The van der Waals surface area contributed by atoms with Crippen LogP contribution in [0.4, 0.5) is 10.1 Å². The molecule has 82 valence electrons. The second-order valence-electron chi connectivity index (χ2n) is 3.48. The van der Waals surface area contributed by atoms with Crippen LogP contribution in [-0.4, -0.2) is 13.7 Å². The van der Waals surface area contributed by atoms with E-state index < -0.39 is 0 Å². The summed E-state index contributed by atoms with van der Waals surface area (Å²) in [5.41, 5.74) is 1.98. The lowest BCUT2D eigenvalue weighted by molar-refractivity contribution is 0.387. The number of nitrogens with one attached hydrogen (secondary N) is 1. The topological polar surface area (TPSA) is 21.3 Å². The molecule has 1 aromatic carbocycles. The molecule has 0 spiro atoms. The molecule has 0 aliphatic rings. The molecule has 0 bridgehead atoms. The zero-order chi connectivity index (χ0) is 11.3. The summed E-state index contributed by atoms with van der Waals surface area (Å²) in [4.78, 5) is 0. The standard InChI is InChI=1S/C12H16FNO/c1-9(2)6-7-14-10-4-5-11(13)12(8-10)15-3/h4-5,8,14H,1,6-7H2,2-3H3. The molecular formula is C12H16FNO. The van der Waals surface area contributed by atoms with Gasteiger partial charge in [0.15, 0.2) is 11.6 Å². The summed E-state index contributed by atoms with van der Waals surface area (Å²) in [6.07, 6.45) is 0.902. The van der Waals surface area contributed by atoms with Gasteiger partial charge in [0.2, 0.25) is 0 Å². The highest BCUT2D eigenvalue weighted by atomic mass is 19.1. The molecule has 0 fully saturated rings. The number of benzene rings is 1. The molecule has 0 saturated carbocycles. The Morgan fingerprint density at radius 3 is 2.87 bits per heavy atom. The van der Waals surface area contributed by atoms with Crippen LogP contribution in [0, 0.1) is 5.82 Å². The third-order valence-electron chi connectivity index (χ3n) is 2.03. The van der Waals surface area contributed by atoms with Gasteiger partial charge in [0.05, 0.1) is 7.11 Å². The molecule has 0 radical (unpaired) electrons. The van der Waals surface area contributed by atoms with E-state index in [1.54, 1.807) is 12.1 Å². The number of hydrogen-bond acceptors (Lipinski definition) is 2. The van der Waals surface area contributed by atoms with Gasteiger partial charge in [-0.3, -0.25) is 0 Å². The maximum Gasteiger partial charge on any atom is 0.165 e. The van der Waals surface area contributed by atoms with E-state index >= 15 is 0 Å². The van der Waals surface area contributed by atoms with Crippen molar-refractivity contribution in [3.63, 3.8) is 0 Å². The van der Waals surface area contributed by atoms with Gasteiger partial charge in [0.1, 0.15) is 0 Å². The lowest BCUT2D eigenvalue weighted by Gasteiger charge is -2.08. The molecule has 0 amide bonds. The van der Waals surface area contributed by atoms with Crippen LogP contribution in [0.1, 0.15) is 13.3 Å². The minimum atomic E-state index is -0.344. The van der Waals surface area contributed by atoms with Crippen molar-refractivity contribution in [1.82, 2.24) is 0 Å². The summed E-state index contributed by atoms with van der Waals surface area (Å²) in [5, 5.41) is 3.17. The Morgan fingerprint density at radius 2 is 2.27 bits per heavy atom. The summed E-state index contributed by atoms with van der Waals surface area (Å²) < 4.78 is 17.9. The van der Waals surface area contributed by atoms with Crippen LogP contribution in [0.5, 0.6) is 5.75 Å². The molecule has 1 N–H and O–H groups in total. The first-order valence-electron chi connectivity index (χ1n) is 4.85. The van der Waals surface area contributed by atoms with Crippen molar-refractivity contribution >= 4 is 5.69 Å². The van der Waals surface area contributed by atoms with E-state index in [4.69, 9.17) is 4.74 Å². The molecule has 0 heterocycles. The molecule has 0 unspecified atom stereocenters. The molecule has 0 aromatic heterocycles. The normalized spacial score (nSPS) is 9.80. The number of methoxy groups -OCH3 is 1. The number of hydrogen-bond donors (Lipinski definition) is 1. The van der Waals surface area contributed by atoms with Crippen LogP contribution in [0.15, 0.2) is 30.4 Å². The Hall–Kier alpha value is -1.51. The van der Waals surface area contributed by atoms with E-state index in [1.165, 1.54) is 13.2 Å². The summed E-state index contributed by atoms with van der Waals surface area (Å²) in [6.45, 7) is 6.58. The van der Waals surface area contributed by atoms with Gasteiger partial charge in [-0.05, 0) is 25.5 Å². The van der Waals surface area contributed by atoms with Gasteiger partial charge in [-0.2, -0.15) is 0 Å². The molecule has 1 aromatic rings. The van der Waals surface area contributed by atoms with Crippen molar-refractivity contribution in [2.75, 3.05) is 19.0 Å². The predicted octanol–water partition coefficient (Wildman–Crippen LogP) is 3.21. The number of ether oxygens (including phenoxy) is 1. The zero-order valence-corrected chi connectivity index (χ0v) is 9.14. The van der Waals surface area contributed by atoms with Crippen molar-refractivity contribution in [3.8, 4) is 5.75 Å². The smallest absolute Gasteiger partial charge is 0.165 e. The predicted molar refractivity (Wildman–Crippen MR) is 60.9 cm³/mol. The lowest BCUT2D eigenvalue weighted by atomic mass is 10.2. The van der Waals surface area contributed by atoms with E-state index in [1.807, 2.05) is 6.92 Å². The summed E-state index contributed by atoms with van der Waals surface area (Å²) >= 11 is 0. The van der Waals surface area contributed by atoms with Crippen molar-refractivity contribution in [1.29, 1.82) is 0 Å². The van der Waals surface area contributed by atoms with E-state index in [9.17, 15) is 4.39 Å². The molecule has 0 saturated heterocycles. The van der Waals surface area contributed by atoms with Gasteiger partial charge in [-0.25, -0.2) is 4.39 Å². The van der Waals surface area contributed by atoms with Crippen LogP contribution in [0.3, 0.4) is 0 Å². The van der Waals surface area contributed by atoms with Crippen molar-refractivity contribution < 1.29 is 9.13 Å². The van der Waals surface area contributed by atoms with E-state index in [0.717, 1.165) is 24.2 Å². The molecule has 1 rings (SSSR count). The number of rotatable bonds is 5. The number of halogens is 1. The molecule has 0 aliphatic carbocycles. The highest BCUT2D eigenvalue weighted by Gasteiger charge is 2.02. The van der Waals surface area contributed by atoms with Crippen LogP contribution in [0.25, 0.3) is 0 Å². The molecule has 2 nitrogen and oxygen atoms in total. The fourth-order valence-corrected chi connectivity index (χ4v) is 1.19. The first-order chi connectivity index (χ1) is 7.13. The molecular weight excluding hydrogens is 193 g/mol. The largest absolute Gasteiger partial charge is 0.494 e. The monoisotopic (exact) mass is 209 g/mol. The van der Waals surface area contributed by atoms with E-state index in [0.29, 0.717) is 0 Å². The highest BCUT2D eigenvalue weighted by Crippen LogP contribution is 2.21. The highest BCUT2D eigenvalue weighted by molar-refractivity contribution is 5.48. The van der Waals surface area contributed by atoms with Gasteiger partial charge in [0, 0.05) is 18.3 Å². The summed E-state index contributed by atoms with van der Waals surface area (Å²) in [6, 6.07) is 4.73. The van der Waals surface area contributed by atoms with Gasteiger partial charge < -0.3 is 10.1 Å². The maximum atomic E-state index is 13.1. The quantitative estimate of drug-likeness (QED) is 0.752. The van der Waals surface area contributed by atoms with E-state index in [-0.39, 0.29) is 11.6 Å². The summed E-state index contributed by atoms with van der Waals surface area (Å²) in [7, 11) is 1.45. The lowest BCUT2D eigenvalue weighted by Crippen LogP contribution is -2.02. The Kier molecular flexibility index (Phi) is 4.16.